The average molecular weight is 387 g/mol. The highest BCUT2D eigenvalue weighted by Crippen LogP contribution is 2.30. The van der Waals surface area contributed by atoms with E-state index in [1.165, 1.54) is 5.01 Å². The van der Waals surface area contributed by atoms with Gasteiger partial charge in [-0.05, 0) is 43.9 Å². The molecule has 0 unspecified atom stereocenters. The van der Waals surface area contributed by atoms with Gasteiger partial charge in [0.15, 0.2) is 5.60 Å². The second kappa shape index (κ2) is 8.01. The SMILES string of the molecule is CC[C@@]1(O)C(=O)N(c2cccc(C(=O)N3CCOC[C@H]3CC(C)C)c2)N=C1C. The van der Waals surface area contributed by atoms with Gasteiger partial charge in [0.25, 0.3) is 11.8 Å². The second-order valence-corrected chi connectivity index (χ2v) is 7.92. The van der Waals surface area contributed by atoms with Crippen molar-refractivity contribution in [3.05, 3.63) is 29.8 Å². The van der Waals surface area contributed by atoms with Crippen LogP contribution in [0.1, 0.15) is 50.9 Å². The van der Waals surface area contributed by atoms with Gasteiger partial charge in [0, 0.05) is 12.1 Å². The zero-order valence-electron chi connectivity index (χ0n) is 17.0. The predicted molar refractivity (Wildman–Crippen MR) is 107 cm³/mol. The Kier molecular flexibility index (Phi) is 5.86. The Bertz CT molecular complexity index is 792. The highest BCUT2D eigenvalue weighted by Gasteiger charge is 2.46. The van der Waals surface area contributed by atoms with Crippen molar-refractivity contribution in [3.63, 3.8) is 0 Å². The molecule has 0 spiro atoms. The number of hydrazone groups is 1. The molecule has 2 heterocycles. The number of anilines is 1. The van der Waals surface area contributed by atoms with Gasteiger partial charge in [-0.1, -0.05) is 26.8 Å². The van der Waals surface area contributed by atoms with Crippen molar-refractivity contribution in [2.45, 2.75) is 52.2 Å². The summed E-state index contributed by atoms with van der Waals surface area (Å²) in [6.45, 7) is 9.27. The fourth-order valence-electron chi connectivity index (χ4n) is 3.79. The van der Waals surface area contributed by atoms with E-state index in [4.69, 9.17) is 4.74 Å². The molecular weight excluding hydrogens is 358 g/mol. The summed E-state index contributed by atoms with van der Waals surface area (Å²) >= 11 is 0. The van der Waals surface area contributed by atoms with Crippen LogP contribution in [0.25, 0.3) is 0 Å². The van der Waals surface area contributed by atoms with Crippen LogP contribution in [-0.2, 0) is 9.53 Å². The number of benzene rings is 1. The van der Waals surface area contributed by atoms with Gasteiger partial charge in [0.1, 0.15) is 0 Å². The number of hydrogen-bond acceptors (Lipinski definition) is 5. The first kappa shape index (κ1) is 20.5. The molecule has 1 N–H and O–H groups in total. The molecule has 0 saturated carbocycles. The van der Waals surface area contributed by atoms with Crippen molar-refractivity contribution in [1.82, 2.24) is 4.90 Å². The molecule has 2 atom stereocenters. The van der Waals surface area contributed by atoms with E-state index in [0.29, 0.717) is 42.6 Å². The van der Waals surface area contributed by atoms with Gasteiger partial charge in [-0.25, -0.2) is 0 Å². The summed E-state index contributed by atoms with van der Waals surface area (Å²) in [4.78, 5) is 27.7. The maximum atomic E-state index is 13.2. The molecule has 7 nitrogen and oxygen atoms in total. The van der Waals surface area contributed by atoms with Crippen LogP contribution in [0.15, 0.2) is 29.4 Å². The molecule has 0 aliphatic carbocycles. The summed E-state index contributed by atoms with van der Waals surface area (Å²) in [5, 5.41) is 16.0. The number of morpholine rings is 1. The first-order valence-electron chi connectivity index (χ1n) is 9.89. The summed E-state index contributed by atoms with van der Waals surface area (Å²) < 4.78 is 5.57. The van der Waals surface area contributed by atoms with Crippen LogP contribution in [0, 0.1) is 5.92 Å². The normalized spacial score (nSPS) is 25.4. The third-order valence-corrected chi connectivity index (χ3v) is 5.48. The van der Waals surface area contributed by atoms with Gasteiger partial charge in [0.2, 0.25) is 0 Å². The average Bonchev–Trinajstić information content (AvgIpc) is 2.92. The van der Waals surface area contributed by atoms with Crippen LogP contribution in [0.5, 0.6) is 0 Å². The standard InChI is InChI=1S/C21H29N3O4/c1-5-21(27)15(4)22-24(20(21)26)17-8-6-7-16(12-17)19(25)23-9-10-28-13-18(23)11-14(2)3/h6-8,12,14,18,27H,5,9-11,13H2,1-4H3/t18-,21+/m1/s1. The Morgan fingerprint density at radius 1 is 1.43 bits per heavy atom. The molecule has 0 bridgehead atoms. The molecule has 1 aromatic rings. The fraction of sp³-hybridized carbons (Fsp3) is 0.571. The van der Waals surface area contributed by atoms with Crippen molar-refractivity contribution < 1.29 is 19.4 Å². The minimum Gasteiger partial charge on any atom is -0.377 e. The minimum atomic E-state index is -1.58. The predicted octanol–water partition coefficient (Wildman–Crippen LogP) is 2.44. The third-order valence-electron chi connectivity index (χ3n) is 5.48. The van der Waals surface area contributed by atoms with E-state index in [0.717, 1.165) is 6.42 Å². The lowest BCUT2D eigenvalue weighted by atomic mass is 9.95. The number of ether oxygens (including phenoxy) is 1. The maximum absolute atomic E-state index is 13.2. The molecule has 7 heteroatoms. The molecule has 1 saturated heterocycles. The Labute approximate surface area is 166 Å². The second-order valence-electron chi connectivity index (χ2n) is 7.92. The summed E-state index contributed by atoms with van der Waals surface area (Å²) in [5.74, 6) is -0.102. The van der Waals surface area contributed by atoms with Crippen LogP contribution >= 0.6 is 0 Å². The van der Waals surface area contributed by atoms with Gasteiger partial charge >= 0.3 is 0 Å². The molecule has 2 aliphatic heterocycles. The maximum Gasteiger partial charge on any atom is 0.285 e. The van der Waals surface area contributed by atoms with Crippen molar-refractivity contribution in [2.24, 2.45) is 11.0 Å². The Morgan fingerprint density at radius 2 is 2.18 bits per heavy atom. The molecular formula is C21H29N3O4. The molecule has 3 rings (SSSR count). The van der Waals surface area contributed by atoms with E-state index in [1.54, 1.807) is 38.1 Å². The number of rotatable bonds is 5. The summed E-state index contributed by atoms with van der Waals surface area (Å²) in [6.07, 6.45) is 1.13. The zero-order chi connectivity index (χ0) is 20.5. The first-order valence-corrected chi connectivity index (χ1v) is 9.89. The van der Waals surface area contributed by atoms with E-state index >= 15 is 0 Å². The number of amides is 2. The lowest BCUT2D eigenvalue weighted by Crippen LogP contribution is -2.49. The molecule has 2 aliphatic rings. The van der Waals surface area contributed by atoms with Crippen molar-refractivity contribution in [1.29, 1.82) is 0 Å². The fourth-order valence-corrected chi connectivity index (χ4v) is 3.79. The summed E-state index contributed by atoms with van der Waals surface area (Å²) in [7, 11) is 0. The minimum absolute atomic E-state index is 0.0452. The molecule has 2 amide bonds. The highest BCUT2D eigenvalue weighted by molar-refractivity contribution is 6.21. The molecule has 1 aromatic carbocycles. The monoisotopic (exact) mass is 387 g/mol. The molecule has 0 radical (unpaired) electrons. The van der Waals surface area contributed by atoms with Crippen LogP contribution in [0.4, 0.5) is 5.69 Å². The van der Waals surface area contributed by atoms with Gasteiger partial charge in [-0.15, -0.1) is 0 Å². The van der Waals surface area contributed by atoms with Crippen LogP contribution < -0.4 is 5.01 Å². The topological polar surface area (TPSA) is 82.4 Å². The first-order chi connectivity index (χ1) is 13.3. The Morgan fingerprint density at radius 3 is 2.82 bits per heavy atom. The number of nitrogens with zero attached hydrogens (tertiary/aromatic N) is 3. The van der Waals surface area contributed by atoms with E-state index in [2.05, 4.69) is 18.9 Å². The third kappa shape index (κ3) is 3.69. The Hall–Kier alpha value is -2.25. The quantitative estimate of drug-likeness (QED) is 0.841. The lowest BCUT2D eigenvalue weighted by Gasteiger charge is -2.36. The lowest BCUT2D eigenvalue weighted by molar-refractivity contribution is -0.129. The summed E-state index contributed by atoms with van der Waals surface area (Å²) in [6, 6.07) is 6.92. The van der Waals surface area contributed by atoms with Crippen molar-refractivity contribution in [3.8, 4) is 0 Å². The molecule has 28 heavy (non-hydrogen) atoms. The number of hydrogen-bond donors (Lipinski definition) is 1. The molecule has 0 aromatic heterocycles. The van der Waals surface area contributed by atoms with Gasteiger partial charge in [-0.3, -0.25) is 9.59 Å². The van der Waals surface area contributed by atoms with Gasteiger partial charge in [-0.2, -0.15) is 10.1 Å². The van der Waals surface area contributed by atoms with Gasteiger partial charge < -0.3 is 14.7 Å². The van der Waals surface area contributed by atoms with Crippen molar-refractivity contribution >= 4 is 23.2 Å². The number of aliphatic hydroxyl groups is 1. The highest BCUT2D eigenvalue weighted by atomic mass is 16.5. The zero-order valence-corrected chi connectivity index (χ0v) is 17.0. The van der Waals surface area contributed by atoms with Crippen LogP contribution in [0.2, 0.25) is 0 Å². The van der Waals surface area contributed by atoms with E-state index in [9.17, 15) is 14.7 Å². The molecule has 1 fully saturated rings. The van der Waals surface area contributed by atoms with E-state index in [-0.39, 0.29) is 18.4 Å². The number of carbonyl (C=O) groups is 2. The van der Waals surface area contributed by atoms with Crippen molar-refractivity contribution in [2.75, 3.05) is 24.8 Å². The molecule has 152 valence electrons. The van der Waals surface area contributed by atoms with Crippen LogP contribution in [0.3, 0.4) is 0 Å². The van der Waals surface area contributed by atoms with Crippen LogP contribution in [-0.4, -0.2) is 58.9 Å². The number of carbonyl (C=O) groups excluding carboxylic acids is 2. The smallest absolute Gasteiger partial charge is 0.285 e. The van der Waals surface area contributed by atoms with E-state index in [1.807, 2.05) is 4.90 Å². The van der Waals surface area contributed by atoms with Gasteiger partial charge in [0.05, 0.1) is 30.7 Å². The Balaban J connectivity index is 1.85. The summed E-state index contributed by atoms with van der Waals surface area (Å²) in [5.41, 5.74) is -0.233. The largest absolute Gasteiger partial charge is 0.377 e. The van der Waals surface area contributed by atoms with E-state index < -0.39 is 11.5 Å².